The average Bonchev–Trinajstić information content (AvgIpc) is 2.93. The molecule has 1 saturated heterocycles. The predicted molar refractivity (Wildman–Crippen MR) is 116 cm³/mol. The van der Waals surface area contributed by atoms with Crippen LogP contribution in [0.5, 0.6) is 5.75 Å². The number of halogens is 1. The number of carbonyl (C=O) groups excluding carboxylic acids is 2. The number of nitrogens with zero attached hydrogens (tertiary/aromatic N) is 2. The molecule has 2 aromatic carbocycles. The highest BCUT2D eigenvalue weighted by Gasteiger charge is 2.37. The van der Waals surface area contributed by atoms with Crippen LogP contribution in [-0.2, 0) is 9.59 Å². The van der Waals surface area contributed by atoms with Crippen LogP contribution in [-0.4, -0.2) is 40.8 Å². The maximum absolute atomic E-state index is 12.5. The molecular weight excluding hydrogens is 442 g/mol. The van der Waals surface area contributed by atoms with Gasteiger partial charge in [-0.15, -0.1) is 0 Å². The van der Waals surface area contributed by atoms with Crippen LogP contribution in [0, 0.1) is 0 Å². The first-order valence-corrected chi connectivity index (χ1v) is 10.4. The van der Waals surface area contributed by atoms with Gasteiger partial charge in [-0.3, -0.25) is 14.5 Å². The summed E-state index contributed by atoms with van der Waals surface area (Å²) in [6.45, 7) is 2.53. The smallest absolute Gasteiger partial charge is 0.242 e. The Hall–Kier alpha value is -2.32. The number of benzene rings is 2. The summed E-state index contributed by atoms with van der Waals surface area (Å²) in [5.74, 6) is 0.446. The van der Waals surface area contributed by atoms with Crippen LogP contribution < -0.4 is 10.1 Å². The highest BCUT2D eigenvalue weighted by molar-refractivity contribution is 9.10. The van der Waals surface area contributed by atoms with Crippen molar-refractivity contribution in [3.05, 3.63) is 53.0 Å². The van der Waals surface area contributed by atoms with E-state index in [-0.39, 0.29) is 18.2 Å². The minimum absolute atomic E-state index is 0.0895. The van der Waals surface area contributed by atoms with E-state index in [1.807, 2.05) is 43.3 Å². The average molecular weight is 462 g/mol. The van der Waals surface area contributed by atoms with Gasteiger partial charge in [-0.1, -0.05) is 27.7 Å². The van der Waals surface area contributed by atoms with Crippen LogP contribution in [0.25, 0.3) is 0 Å². The lowest BCUT2D eigenvalue weighted by Crippen LogP contribution is -2.30. The molecule has 0 spiro atoms. The fraction of sp³-hybridized carbons (Fsp3) is 0.250. The molecule has 0 saturated carbocycles. The van der Waals surface area contributed by atoms with Crippen LogP contribution in [0.15, 0.2) is 58.0 Å². The zero-order valence-corrected chi connectivity index (χ0v) is 17.9. The molecule has 0 aromatic heterocycles. The molecule has 3 rings (SSSR count). The molecule has 2 aromatic rings. The third-order valence-corrected chi connectivity index (χ3v) is 5.77. The number of anilines is 1. The SMILES string of the molecule is CCOc1ccc(N=C2S[C@@H](CC(=O)Nc3ccc(Br)cc3)C(=O)N2C)cc1. The summed E-state index contributed by atoms with van der Waals surface area (Å²) in [4.78, 5) is 30.8. The third kappa shape index (κ3) is 5.14. The predicted octanol–water partition coefficient (Wildman–Crippen LogP) is 4.44. The maximum atomic E-state index is 12.5. The number of amidine groups is 1. The minimum atomic E-state index is -0.484. The van der Waals surface area contributed by atoms with E-state index in [9.17, 15) is 9.59 Å². The van der Waals surface area contributed by atoms with Crippen molar-refractivity contribution >= 4 is 56.0 Å². The Morgan fingerprint density at radius 1 is 1.21 bits per heavy atom. The number of rotatable bonds is 6. The van der Waals surface area contributed by atoms with Gasteiger partial charge < -0.3 is 10.1 Å². The quantitative estimate of drug-likeness (QED) is 0.689. The largest absolute Gasteiger partial charge is 0.494 e. The van der Waals surface area contributed by atoms with Crippen LogP contribution in [0.3, 0.4) is 0 Å². The molecule has 1 N–H and O–H groups in total. The molecule has 0 unspecified atom stereocenters. The first-order chi connectivity index (χ1) is 13.5. The van der Waals surface area contributed by atoms with Gasteiger partial charge in [0.2, 0.25) is 11.8 Å². The van der Waals surface area contributed by atoms with Crippen molar-refractivity contribution in [2.45, 2.75) is 18.6 Å². The number of aliphatic imine (C=N–C) groups is 1. The molecule has 1 aliphatic rings. The van der Waals surface area contributed by atoms with Gasteiger partial charge in [0.1, 0.15) is 11.0 Å². The fourth-order valence-corrected chi connectivity index (χ4v) is 4.02. The lowest BCUT2D eigenvalue weighted by molar-refractivity contribution is -0.127. The Labute approximate surface area is 176 Å². The van der Waals surface area contributed by atoms with E-state index in [1.165, 1.54) is 16.7 Å². The lowest BCUT2D eigenvalue weighted by atomic mass is 10.2. The maximum Gasteiger partial charge on any atom is 0.242 e. The second kappa shape index (κ2) is 9.25. The first kappa shape index (κ1) is 20.4. The number of hydrogen-bond acceptors (Lipinski definition) is 5. The van der Waals surface area contributed by atoms with Gasteiger partial charge >= 0.3 is 0 Å². The van der Waals surface area contributed by atoms with Crippen molar-refractivity contribution < 1.29 is 14.3 Å². The van der Waals surface area contributed by atoms with Crippen LogP contribution in [0.4, 0.5) is 11.4 Å². The molecular formula is C20H20BrN3O3S. The molecule has 0 aliphatic carbocycles. The normalized spacial score (nSPS) is 17.8. The van der Waals surface area contributed by atoms with Gasteiger partial charge in [-0.25, -0.2) is 4.99 Å². The fourth-order valence-electron chi connectivity index (χ4n) is 2.60. The summed E-state index contributed by atoms with van der Waals surface area (Å²) in [5, 5.41) is 2.91. The monoisotopic (exact) mass is 461 g/mol. The van der Waals surface area contributed by atoms with Crippen molar-refractivity contribution in [2.24, 2.45) is 4.99 Å². The Kier molecular flexibility index (Phi) is 6.74. The van der Waals surface area contributed by atoms with Crippen LogP contribution in [0.2, 0.25) is 0 Å². The lowest BCUT2D eigenvalue weighted by Gasteiger charge is -2.09. The molecule has 0 bridgehead atoms. The van der Waals surface area contributed by atoms with Crippen molar-refractivity contribution in [3.8, 4) is 5.75 Å². The van der Waals surface area contributed by atoms with Gasteiger partial charge in [0, 0.05) is 23.6 Å². The first-order valence-electron chi connectivity index (χ1n) is 8.77. The molecule has 146 valence electrons. The summed E-state index contributed by atoms with van der Waals surface area (Å²) in [6, 6.07) is 14.7. The molecule has 1 heterocycles. The number of nitrogens with one attached hydrogen (secondary N) is 1. The second-order valence-electron chi connectivity index (χ2n) is 6.08. The van der Waals surface area contributed by atoms with E-state index in [0.717, 1.165) is 15.9 Å². The van der Waals surface area contributed by atoms with E-state index in [1.54, 1.807) is 19.2 Å². The number of hydrogen-bond donors (Lipinski definition) is 1. The molecule has 0 radical (unpaired) electrons. The summed E-state index contributed by atoms with van der Waals surface area (Å²) in [6.07, 6.45) is 0.0895. The molecule has 6 nitrogen and oxygen atoms in total. The topological polar surface area (TPSA) is 71.0 Å². The number of thioether (sulfide) groups is 1. The van der Waals surface area contributed by atoms with Crippen molar-refractivity contribution in [2.75, 3.05) is 19.0 Å². The summed E-state index contributed by atoms with van der Waals surface area (Å²) < 4.78 is 6.35. The molecule has 1 atom stereocenters. The van der Waals surface area contributed by atoms with Crippen molar-refractivity contribution in [3.63, 3.8) is 0 Å². The zero-order valence-electron chi connectivity index (χ0n) is 15.5. The number of carbonyl (C=O) groups is 2. The standard InChI is InChI=1S/C20H20BrN3O3S/c1-3-27-16-10-8-15(9-11-16)23-20-24(2)19(26)17(28-20)12-18(25)22-14-6-4-13(21)5-7-14/h4-11,17H,3,12H2,1-2H3,(H,22,25)/t17-/m0/s1. The zero-order chi connectivity index (χ0) is 20.1. The van der Waals surface area contributed by atoms with E-state index in [0.29, 0.717) is 17.5 Å². The Morgan fingerprint density at radius 3 is 2.54 bits per heavy atom. The van der Waals surface area contributed by atoms with Crippen LogP contribution >= 0.6 is 27.7 Å². The third-order valence-electron chi connectivity index (χ3n) is 4.01. The Balaban J connectivity index is 1.63. The van der Waals surface area contributed by atoms with Gasteiger partial charge in [-0.2, -0.15) is 0 Å². The number of ether oxygens (including phenoxy) is 1. The molecule has 2 amide bonds. The van der Waals surface area contributed by atoms with E-state index < -0.39 is 5.25 Å². The van der Waals surface area contributed by atoms with E-state index >= 15 is 0 Å². The molecule has 1 fully saturated rings. The summed E-state index contributed by atoms with van der Waals surface area (Å²) >= 11 is 4.66. The molecule has 8 heteroatoms. The van der Waals surface area contributed by atoms with Gasteiger partial charge in [-0.05, 0) is 55.5 Å². The van der Waals surface area contributed by atoms with Crippen LogP contribution in [0.1, 0.15) is 13.3 Å². The summed E-state index contributed by atoms with van der Waals surface area (Å²) in [7, 11) is 1.68. The molecule has 28 heavy (non-hydrogen) atoms. The van der Waals surface area contributed by atoms with Gasteiger partial charge in [0.05, 0.1) is 12.3 Å². The Morgan fingerprint density at radius 2 is 1.89 bits per heavy atom. The van der Waals surface area contributed by atoms with Gasteiger partial charge in [0.25, 0.3) is 0 Å². The van der Waals surface area contributed by atoms with E-state index in [2.05, 4.69) is 26.2 Å². The Bertz CT molecular complexity index is 885. The van der Waals surface area contributed by atoms with E-state index in [4.69, 9.17) is 4.74 Å². The second-order valence-corrected chi connectivity index (χ2v) is 8.17. The van der Waals surface area contributed by atoms with Crippen molar-refractivity contribution in [1.82, 2.24) is 4.90 Å². The van der Waals surface area contributed by atoms with Crippen molar-refractivity contribution in [1.29, 1.82) is 0 Å². The highest BCUT2D eigenvalue weighted by atomic mass is 79.9. The highest BCUT2D eigenvalue weighted by Crippen LogP contribution is 2.31. The molecule has 1 aliphatic heterocycles. The minimum Gasteiger partial charge on any atom is -0.494 e. The number of amides is 2. The van der Waals surface area contributed by atoms with Gasteiger partial charge in [0.15, 0.2) is 5.17 Å². The summed E-state index contributed by atoms with van der Waals surface area (Å²) in [5.41, 5.74) is 1.42.